The van der Waals surface area contributed by atoms with Crippen molar-refractivity contribution >= 4 is 0 Å². The minimum atomic E-state index is 0.203. The molecule has 0 amide bonds. The Balaban J connectivity index is 2.74. The highest BCUT2D eigenvalue weighted by molar-refractivity contribution is 5.13. The first-order chi connectivity index (χ1) is 6.08. The molecule has 0 aliphatic rings. The van der Waals surface area contributed by atoms with Crippen LogP contribution in [0.5, 0.6) is 0 Å². The van der Waals surface area contributed by atoms with Gasteiger partial charge >= 0.3 is 0 Å². The molecule has 13 heavy (non-hydrogen) atoms. The van der Waals surface area contributed by atoms with Crippen molar-refractivity contribution in [2.45, 2.75) is 25.7 Å². The summed E-state index contributed by atoms with van der Waals surface area (Å²) in [6, 6.07) is 2.09. The molecule has 0 spiro atoms. The summed E-state index contributed by atoms with van der Waals surface area (Å²) in [7, 11) is 3.98. The molecule has 74 valence electrons. The molecule has 0 saturated carbocycles. The molecule has 0 aromatic carbocycles. The lowest BCUT2D eigenvalue weighted by Gasteiger charge is -2.24. The van der Waals surface area contributed by atoms with E-state index in [-0.39, 0.29) is 5.41 Å². The fourth-order valence-electron chi connectivity index (χ4n) is 1.60. The number of rotatable bonds is 4. The molecule has 1 rings (SSSR count). The van der Waals surface area contributed by atoms with Crippen LogP contribution in [0.15, 0.2) is 12.3 Å². The van der Waals surface area contributed by atoms with E-state index in [9.17, 15) is 0 Å². The minimum Gasteiger partial charge on any atom is -0.320 e. The number of aromatic nitrogens is 2. The zero-order valence-electron chi connectivity index (χ0n) is 8.96. The Kier molecular flexibility index (Phi) is 3.09. The second-order valence-corrected chi connectivity index (χ2v) is 4.08. The fourth-order valence-corrected chi connectivity index (χ4v) is 1.60. The molecule has 0 unspecified atom stereocenters. The van der Waals surface area contributed by atoms with E-state index in [1.165, 1.54) is 5.69 Å². The standard InChI is InChI=1S/C10H19N3/c1-10(2,6-8-11-3)9-5-7-12-13(9)4/h5,7,11H,6,8H2,1-4H3. The highest BCUT2D eigenvalue weighted by Gasteiger charge is 2.22. The van der Waals surface area contributed by atoms with Crippen molar-refractivity contribution in [1.29, 1.82) is 0 Å². The van der Waals surface area contributed by atoms with Gasteiger partial charge in [-0.05, 0) is 26.1 Å². The summed E-state index contributed by atoms with van der Waals surface area (Å²) < 4.78 is 1.95. The van der Waals surface area contributed by atoms with Gasteiger partial charge in [-0.2, -0.15) is 5.10 Å². The van der Waals surface area contributed by atoms with Crippen LogP contribution in [0, 0.1) is 0 Å². The van der Waals surface area contributed by atoms with Gasteiger partial charge in [-0.15, -0.1) is 0 Å². The third kappa shape index (κ3) is 2.31. The van der Waals surface area contributed by atoms with Crippen LogP contribution < -0.4 is 5.32 Å². The molecule has 3 nitrogen and oxygen atoms in total. The van der Waals surface area contributed by atoms with E-state index in [2.05, 4.69) is 30.3 Å². The number of hydrogen-bond donors (Lipinski definition) is 1. The van der Waals surface area contributed by atoms with Gasteiger partial charge in [-0.3, -0.25) is 4.68 Å². The maximum Gasteiger partial charge on any atom is 0.0492 e. The van der Waals surface area contributed by atoms with Crippen LogP contribution in [-0.2, 0) is 12.5 Å². The van der Waals surface area contributed by atoms with Crippen molar-refractivity contribution < 1.29 is 0 Å². The van der Waals surface area contributed by atoms with Crippen LogP contribution >= 0.6 is 0 Å². The molecule has 0 aliphatic heterocycles. The lowest BCUT2D eigenvalue weighted by atomic mass is 9.85. The fraction of sp³-hybridized carbons (Fsp3) is 0.700. The minimum absolute atomic E-state index is 0.203. The maximum atomic E-state index is 4.19. The normalized spacial score (nSPS) is 12.0. The Morgan fingerprint density at radius 2 is 2.23 bits per heavy atom. The van der Waals surface area contributed by atoms with Crippen LogP contribution in [0.3, 0.4) is 0 Å². The van der Waals surface area contributed by atoms with Gasteiger partial charge in [0.1, 0.15) is 0 Å². The largest absolute Gasteiger partial charge is 0.320 e. The second kappa shape index (κ2) is 3.92. The van der Waals surface area contributed by atoms with Gasteiger partial charge in [0.25, 0.3) is 0 Å². The van der Waals surface area contributed by atoms with Gasteiger partial charge in [0.2, 0.25) is 0 Å². The third-order valence-corrected chi connectivity index (χ3v) is 2.51. The van der Waals surface area contributed by atoms with Crippen LogP contribution in [0.1, 0.15) is 26.0 Å². The summed E-state index contributed by atoms with van der Waals surface area (Å²) in [5.41, 5.74) is 1.50. The number of nitrogens with zero attached hydrogens (tertiary/aromatic N) is 2. The molecule has 0 atom stereocenters. The van der Waals surface area contributed by atoms with Gasteiger partial charge in [-0.25, -0.2) is 0 Å². The van der Waals surface area contributed by atoms with Gasteiger partial charge in [0.05, 0.1) is 0 Å². The quantitative estimate of drug-likeness (QED) is 0.759. The Bertz CT molecular complexity index is 263. The second-order valence-electron chi connectivity index (χ2n) is 4.08. The first kappa shape index (κ1) is 10.3. The summed E-state index contributed by atoms with van der Waals surface area (Å²) in [6.07, 6.45) is 2.99. The average molecular weight is 181 g/mol. The highest BCUT2D eigenvalue weighted by Crippen LogP contribution is 2.25. The number of aryl methyl sites for hydroxylation is 1. The predicted molar refractivity (Wildman–Crippen MR) is 54.8 cm³/mol. The third-order valence-electron chi connectivity index (χ3n) is 2.51. The summed E-state index contributed by atoms with van der Waals surface area (Å²) in [5, 5.41) is 7.36. The summed E-state index contributed by atoms with van der Waals surface area (Å²) >= 11 is 0. The Morgan fingerprint density at radius 3 is 2.69 bits per heavy atom. The lowest BCUT2D eigenvalue weighted by Crippen LogP contribution is -2.25. The van der Waals surface area contributed by atoms with Gasteiger partial charge in [0, 0.05) is 24.4 Å². The zero-order chi connectivity index (χ0) is 9.90. The summed E-state index contributed by atoms with van der Waals surface area (Å²) in [4.78, 5) is 0. The molecule has 3 heteroatoms. The molecular formula is C10H19N3. The van der Waals surface area contributed by atoms with Crippen LogP contribution in [0.2, 0.25) is 0 Å². The SMILES string of the molecule is CNCCC(C)(C)c1ccnn1C. The topological polar surface area (TPSA) is 29.9 Å². The molecule has 0 bridgehead atoms. The zero-order valence-corrected chi connectivity index (χ0v) is 8.96. The molecule has 1 heterocycles. The lowest BCUT2D eigenvalue weighted by molar-refractivity contribution is 0.434. The molecule has 0 radical (unpaired) electrons. The Labute approximate surface area is 80.1 Å². The van der Waals surface area contributed by atoms with Gasteiger partial charge in [-0.1, -0.05) is 13.8 Å². The Morgan fingerprint density at radius 1 is 1.54 bits per heavy atom. The van der Waals surface area contributed by atoms with Crippen molar-refractivity contribution in [2.75, 3.05) is 13.6 Å². The Hall–Kier alpha value is -0.830. The smallest absolute Gasteiger partial charge is 0.0492 e. The summed E-state index contributed by atoms with van der Waals surface area (Å²) in [6.45, 7) is 5.54. The van der Waals surface area contributed by atoms with Crippen LogP contribution in [-0.4, -0.2) is 23.4 Å². The van der Waals surface area contributed by atoms with E-state index >= 15 is 0 Å². The van der Waals surface area contributed by atoms with Crippen LogP contribution in [0.25, 0.3) is 0 Å². The average Bonchev–Trinajstić information content (AvgIpc) is 2.48. The van der Waals surface area contributed by atoms with E-state index in [1.807, 2.05) is 25.0 Å². The highest BCUT2D eigenvalue weighted by atomic mass is 15.3. The number of hydrogen-bond acceptors (Lipinski definition) is 2. The maximum absolute atomic E-state index is 4.19. The molecule has 0 aliphatic carbocycles. The molecule has 1 N–H and O–H groups in total. The molecular weight excluding hydrogens is 162 g/mol. The molecule has 0 saturated heterocycles. The van der Waals surface area contributed by atoms with E-state index in [0.29, 0.717) is 0 Å². The van der Waals surface area contributed by atoms with Gasteiger partial charge < -0.3 is 5.32 Å². The van der Waals surface area contributed by atoms with E-state index < -0.39 is 0 Å². The first-order valence-electron chi connectivity index (χ1n) is 4.71. The van der Waals surface area contributed by atoms with E-state index in [0.717, 1.165) is 13.0 Å². The van der Waals surface area contributed by atoms with Gasteiger partial charge in [0.15, 0.2) is 0 Å². The molecule has 1 aromatic rings. The van der Waals surface area contributed by atoms with E-state index in [4.69, 9.17) is 0 Å². The monoisotopic (exact) mass is 181 g/mol. The van der Waals surface area contributed by atoms with Crippen molar-refractivity contribution in [3.05, 3.63) is 18.0 Å². The predicted octanol–water partition coefficient (Wildman–Crippen LogP) is 1.31. The molecule has 0 fully saturated rings. The van der Waals surface area contributed by atoms with Crippen LogP contribution in [0.4, 0.5) is 0 Å². The van der Waals surface area contributed by atoms with E-state index in [1.54, 1.807) is 0 Å². The summed E-state index contributed by atoms with van der Waals surface area (Å²) in [5.74, 6) is 0. The van der Waals surface area contributed by atoms with Crippen molar-refractivity contribution in [3.8, 4) is 0 Å². The van der Waals surface area contributed by atoms with Crippen molar-refractivity contribution in [2.24, 2.45) is 7.05 Å². The number of nitrogens with one attached hydrogen (secondary N) is 1. The van der Waals surface area contributed by atoms with Crippen molar-refractivity contribution in [3.63, 3.8) is 0 Å². The van der Waals surface area contributed by atoms with Crippen molar-refractivity contribution in [1.82, 2.24) is 15.1 Å². The first-order valence-corrected chi connectivity index (χ1v) is 4.71. The molecule has 1 aromatic heterocycles.